The van der Waals surface area contributed by atoms with Gasteiger partial charge in [-0.1, -0.05) is 12.1 Å². The largest absolute Gasteiger partial charge is 0.477 e. The number of benzene rings is 2. The number of aromatic carboxylic acids is 1. The summed E-state index contributed by atoms with van der Waals surface area (Å²) in [6.45, 7) is 2.49. The maximum atomic E-state index is 12.6. The lowest BCUT2D eigenvalue weighted by Crippen LogP contribution is -2.18. The lowest BCUT2D eigenvalue weighted by molar-refractivity contribution is 0.0695. The zero-order valence-corrected chi connectivity index (χ0v) is 14.2. The highest BCUT2D eigenvalue weighted by molar-refractivity contribution is 7.21. The minimum atomic E-state index is -1.21. The van der Waals surface area contributed by atoms with Gasteiger partial charge < -0.3 is 9.67 Å². The molecule has 2 aromatic carbocycles. The van der Waals surface area contributed by atoms with Crippen molar-refractivity contribution < 1.29 is 9.90 Å². The van der Waals surface area contributed by atoms with E-state index < -0.39 is 11.4 Å². The maximum absolute atomic E-state index is 12.6. The first kappa shape index (κ1) is 15.5. The number of fused-ring (bicyclic) bond motifs is 2. The van der Waals surface area contributed by atoms with E-state index in [1.165, 1.54) is 6.20 Å². The van der Waals surface area contributed by atoms with Gasteiger partial charge in [-0.2, -0.15) is 0 Å². The first-order chi connectivity index (χ1) is 12.1. The number of hydrogen-bond donors (Lipinski definition) is 1. The van der Waals surface area contributed by atoms with E-state index in [1.54, 1.807) is 22.0 Å². The van der Waals surface area contributed by atoms with Crippen molar-refractivity contribution in [3.63, 3.8) is 0 Å². The average Bonchev–Trinajstić information content (AvgIpc) is 3.06. The Bertz CT molecular complexity index is 1160. The van der Waals surface area contributed by atoms with Crippen LogP contribution in [0.25, 0.3) is 31.7 Å². The van der Waals surface area contributed by atoms with Gasteiger partial charge in [0.25, 0.3) is 0 Å². The summed E-state index contributed by atoms with van der Waals surface area (Å²) < 4.78 is 2.85. The molecule has 5 nitrogen and oxygen atoms in total. The number of carboxylic acid groups (broad SMARTS) is 1. The Morgan fingerprint density at radius 1 is 1.24 bits per heavy atom. The molecule has 2 heterocycles. The highest BCUT2D eigenvalue weighted by Crippen LogP contribution is 2.31. The normalized spacial score (nSPS) is 11.2. The molecule has 0 unspecified atom stereocenters. The summed E-state index contributed by atoms with van der Waals surface area (Å²) in [6, 6.07) is 13.4. The molecule has 0 saturated heterocycles. The SMILES string of the molecule is CCn1cc(C(=O)O)c(=O)c2cc(-c3nc4ccccc4s3)ccc21. The van der Waals surface area contributed by atoms with Crippen LogP contribution in [0.1, 0.15) is 17.3 Å². The molecule has 0 aliphatic carbocycles. The summed E-state index contributed by atoms with van der Waals surface area (Å²) in [4.78, 5) is 28.6. The number of para-hydroxylation sites is 1. The smallest absolute Gasteiger partial charge is 0.341 e. The Labute approximate surface area is 146 Å². The van der Waals surface area contributed by atoms with Crippen LogP contribution in [0.15, 0.2) is 53.5 Å². The third-order valence-electron chi connectivity index (χ3n) is 4.19. The molecule has 124 valence electrons. The predicted octanol–water partition coefficient (Wildman–Crippen LogP) is 4.00. The lowest BCUT2D eigenvalue weighted by Gasteiger charge is -2.10. The number of rotatable bonds is 3. The number of nitrogens with zero attached hydrogens (tertiary/aromatic N) is 2. The zero-order valence-electron chi connectivity index (χ0n) is 13.4. The molecular formula is C19H14N2O3S. The van der Waals surface area contributed by atoms with Gasteiger partial charge in [0.1, 0.15) is 10.6 Å². The monoisotopic (exact) mass is 350 g/mol. The van der Waals surface area contributed by atoms with Crippen LogP contribution < -0.4 is 5.43 Å². The topological polar surface area (TPSA) is 72.2 Å². The molecule has 25 heavy (non-hydrogen) atoms. The highest BCUT2D eigenvalue weighted by atomic mass is 32.1. The van der Waals surface area contributed by atoms with Gasteiger partial charge in [-0.05, 0) is 37.3 Å². The number of aromatic nitrogens is 2. The molecular weight excluding hydrogens is 336 g/mol. The summed E-state index contributed by atoms with van der Waals surface area (Å²) in [5.41, 5.74) is 1.78. The van der Waals surface area contributed by atoms with Gasteiger partial charge >= 0.3 is 5.97 Å². The number of hydrogen-bond acceptors (Lipinski definition) is 4. The van der Waals surface area contributed by atoms with Crippen LogP contribution >= 0.6 is 11.3 Å². The number of aryl methyl sites for hydroxylation is 1. The van der Waals surface area contributed by atoms with Crippen LogP contribution in [0.5, 0.6) is 0 Å². The van der Waals surface area contributed by atoms with Crippen LogP contribution in [-0.4, -0.2) is 20.6 Å². The van der Waals surface area contributed by atoms with E-state index >= 15 is 0 Å². The van der Waals surface area contributed by atoms with E-state index in [2.05, 4.69) is 4.98 Å². The summed E-state index contributed by atoms with van der Waals surface area (Å²) in [5.74, 6) is -1.21. The molecule has 2 aromatic heterocycles. The summed E-state index contributed by atoms with van der Waals surface area (Å²) in [5, 5.41) is 10.5. The van der Waals surface area contributed by atoms with E-state index in [1.807, 2.05) is 43.3 Å². The number of pyridine rings is 1. The number of thiazole rings is 1. The van der Waals surface area contributed by atoms with Crippen LogP contribution in [0.2, 0.25) is 0 Å². The first-order valence-electron chi connectivity index (χ1n) is 7.85. The van der Waals surface area contributed by atoms with Crippen LogP contribution in [0.4, 0.5) is 0 Å². The second kappa shape index (κ2) is 5.82. The molecule has 1 N–H and O–H groups in total. The number of carbonyl (C=O) groups is 1. The number of carboxylic acids is 1. The Balaban J connectivity index is 1.99. The van der Waals surface area contributed by atoms with Crippen molar-refractivity contribution in [2.75, 3.05) is 0 Å². The molecule has 4 aromatic rings. The van der Waals surface area contributed by atoms with E-state index in [4.69, 9.17) is 0 Å². The summed E-state index contributed by atoms with van der Waals surface area (Å²) >= 11 is 1.55. The van der Waals surface area contributed by atoms with Gasteiger partial charge in [-0.3, -0.25) is 4.79 Å². The van der Waals surface area contributed by atoms with Crippen molar-refractivity contribution in [2.45, 2.75) is 13.5 Å². The van der Waals surface area contributed by atoms with Crippen molar-refractivity contribution in [1.29, 1.82) is 0 Å². The van der Waals surface area contributed by atoms with Crippen molar-refractivity contribution in [2.24, 2.45) is 0 Å². The van der Waals surface area contributed by atoms with Gasteiger partial charge in [-0.25, -0.2) is 9.78 Å². The quantitative estimate of drug-likeness (QED) is 0.606. The molecule has 4 rings (SSSR count). The van der Waals surface area contributed by atoms with Gasteiger partial charge in [-0.15, -0.1) is 11.3 Å². The Kier molecular flexibility index (Phi) is 3.62. The summed E-state index contributed by atoms with van der Waals surface area (Å²) in [7, 11) is 0. The van der Waals surface area contributed by atoms with Gasteiger partial charge in [0.2, 0.25) is 5.43 Å². The second-order valence-corrected chi connectivity index (χ2v) is 6.71. The van der Waals surface area contributed by atoms with Crippen molar-refractivity contribution in [1.82, 2.24) is 9.55 Å². The van der Waals surface area contributed by atoms with Gasteiger partial charge in [0.05, 0.1) is 15.7 Å². The van der Waals surface area contributed by atoms with Gasteiger partial charge in [0.15, 0.2) is 0 Å². The molecule has 6 heteroatoms. The average molecular weight is 350 g/mol. The Morgan fingerprint density at radius 2 is 2.04 bits per heavy atom. The fourth-order valence-corrected chi connectivity index (χ4v) is 3.90. The fourth-order valence-electron chi connectivity index (χ4n) is 2.94. The molecule has 0 aliphatic rings. The maximum Gasteiger partial charge on any atom is 0.341 e. The molecule has 0 aliphatic heterocycles. The highest BCUT2D eigenvalue weighted by Gasteiger charge is 2.15. The van der Waals surface area contributed by atoms with E-state index in [-0.39, 0.29) is 5.56 Å². The molecule has 0 radical (unpaired) electrons. The van der Waals surface area contributed by atoms with Crippen LogP contribution in [0, 0.1) is 0 Å². The minimum Gasteiger partial charge on any atom is -0.477 e. The molecule has 0 saturated carbocycles. The van der Waals surface area contributed by atoms with Crippen LogP contribution in [0.3, 0.4) is 0 Å². The molecule has 0 atom stereocenters. The second-order valence-electron chi connectivity index (χ2n) is 5.68. The molecule has 0 bridgehead atoms. The third kappa shape index (κ3) is 2.51. The molecule has 0 amide bonds. The van der Waals surface area contributed by atoms with Crippen LogP contribution in [-0.2, 0) is 6.54 Å². The Morgan fingerprint density at radius 3 is 2.76 bits per heavy atom. The van der Waals surface area contributed by atoms with E-state index in [0.29, 0.717) is 11.9 Å². The van der Waals surface area contributed by atoms with E-state index in [9.17, 15) is 14.7 Å². The lowest BCUT2D eigenvalue weighted by atomic mass is 10.1. The van der Waals surface area contributed by atoms with Crippen molar-refractivity contribution >= 4 is 38.4 Å². The third-order valence-corrected chi connectivity index (χ3v) is 5.28. The first-order valence-corrected chi connectivity index (χ1v) is 8.66. The van der Waals surface area contributed by atoms with Gasteiger partial charge in [0, 0.05) is 23.7 Å². The van der Waals surface area contributed by atoms with Crippen molar-refractivity contribution in [3.8, 4) is 10.6 Å². The van der Waals surface area contributed by atoms with E-state index in [0.717, 1.165) is 26.3 Å². The minimum absolute atomic E-state index is 0.212. The molecule has 0 spiro atoms. The standard InChI is InChI=1S/C19H14N2O3S/c1-2-21-10-13(19(23)24)17(22)12-9-11(7-8-15(12)21)18-20-14-5-3-4-6-16(14)25-18/h3-10H,2H2,1H3,(H,23,24). The Hall–Kier alpha value is -2.99. The predicted molar refractivity (Wildman–Crippen MR) is 99.5 cm³/mol. The molecule has 0 fully saturated rings. The summed E-state index contributed by atoms with van der Waals surface area (Å²) in [6.07, 6.45) is 1.41. The van der Waals surface area contributed by atoms with Crippen molar-refractivity contribution in [3.05, 3.63) is 64.4 Å². The zero-order chi connectivity index (χ0) is 17.6. The fraction of sp³-hybridized carbons (Fsp3) is 0.105.